The van der Waals surface area contributed by atoms with E-state index in [1.165, 1.54) is 18.0 Å². The van der Waals surface area contributed by atoms with E-state index >= 15 is 0 Å². The molecule has 0 spiro atoms. The van der Waals surface area contributed by atoms with Crippen LogP contribution in [0, 0.1) is 0 Å². The fourth-order valence-corrected chi connectivity index (χ4v) is 4.94. The summed E-state index contributed by atoms with van der Waals surface area (Å²) in [5, 5.41) is 23.1. The summed E-state index contributed by atoms with van der Waals surface area (Å²) in [5.41, 5.74) is 3.73. The minimum atomic E-state index is -0.317. The fraction of sp³-hybridized carbons (Fsp3) is 0.238. The lowest BCUT2D eigenvalue weighted by Gasteiger charge is -2.10. The summed E-state index contributed by atoms with van der Waals surface area (Å²) in [4.78, 5) is 12.2. The molecule has 9 nitrogen and oxygen atoms in total. The third-order valence-corrected chi connectivity index (χ3v) is 6.49. The number of nitrogens with one attached hydrogen (secondary N) is 1. The van der Waals surface area contributed by atoms with Gasteiger partial charge in [-0.05, 0) is 53.2 Å². The van der Waals surface area contributed by atoms with Gasteiger partial charge in [0.1, 0.15) is 5.75 Å². The van der Waals surface area contributed by atoms with Crippen LogP contribution in [0.1, 0.15) is 12.5 Å². The number of thioether (sulfide) groups is 1. The molecule has 3 aromatic rings. The van der Waals surface area contributed by atoms with Crippen molar-refractivity contribution in [1.82, 2.24) is 20.2 Å². The van der Waals surface area contributed by atoms with Crippen molar-refractivity contribution >= 4 is 55.7 Å². The van der Waals surface area contributed by atoms with Crippen molar-refractivity contribution in [3.8, 4) is 28.6 Å². The normalized spacial score (nSPS) is 11.1. The number of nitrogens with zero attached hydrogens (tertiary/aromatic N) is 4. The number of aromatic hydroxyl groups is 1. The molecule has 3 rings (SSSR count). The van der Waals surface area contributed by atoms with Crippen molar-refractivity contribution in [3.63, 3.8) is 0 Å². The maximum Gasteiger partial charge on any atom is 0.250 e. The molecule has 33 heavy (non-hydrogen) atoms. The van der Waals surface area contributed by atoms with Crippen LogP contribution >= 0.6 is 43.6 Å². The van der Waals surface area contributed by atoms with Crippen LogP contribution in [0.4, 0.5) is 0 Å². The molecule has 2 aromatic carbocycles. The number of hydrogen-bond acceptors (Lipinski definition) is 8. The standard InChI is InChI=1S/C21H21Br2N5O4S/c1-4-28-20(12-5-6-16(31-2)17(8-12)32-3)26-27-21(28)33-11-18(29)25-24-10-13-7-14(22)9-15(23)19(13)30/h5-10,30H,4,11H2,1-3H3,(H,25,29)/b24-10+. The van der Waals surface area contributed by atoms with E-state index in [1.54, 1.807) is 26.4 Å². The molecular formula is C21H21Br2N5O4S. The summed E-state index contributed by atoms with van der Waals surface area (Å²) < 4.78 is 13.9. The van der Waals surface area contributed by atoms with Crippen LogP contribution in [0.25, 0.3) is 11.4 Å². The van der Waals surface area contributed by atoms with Crippen LogP contribution < -0.4 is 14.9 Å². The summed E-state index contributed by atoms with van der Waals surface area (Å²) in [5.74, 6) is 1.69. The minimum Gasteiger partial charge on any atom is -0.506 e. The van der Waals surface area contributed by atoms with Crippen LogP contribution in [0.5, 0.6) is 17.2 Å². The molecule has 174 valence electrons. The van der Waals surface area contributed by atoms with Crippen molar-refractivity contribution < 1.29 is 19.4 Å². The average molecular weight is 599 g/mol. The molecule has 0 radical (unpaired) electrons. The molecule has 1 amide bonds. The van der Waals surface area contributed by atoms with Gasteiger partial charge in [-0.2, -0.15) is 5.10 Å². The minimum absolute atomic E-state index is 0.0318. The Balaban J connectivity index is 1.66. The van der Waals surface area contributed by atoms with E-state index < -0.39 is 0 Å². The summed E-state index contributed by atoms with van der Waals surface area (Å²) in [6, 6.07) is 8.92. The van der Waals surface area contributed by atoms with E-state index in [0.29, 0.717) is 39.1 Å². The largest absolute Gasteiger partial charge is 0.506 e. The lowest BCUT2D eigenvalue weighted by atomic mass is 10.2. The number of carbonyl (C=O) groups is 1. The van der Waals surface area contributed by atoms with Crippen molar-refractivity contribution in [1.29, 1.82) is 0 Å². The Kier molecular flexibility index (Phi) is 8.75. The zero-order valence-electron chi connectivity index (χ0n) is 18.0. The number of hydrogen-bond donors (Lipinski definition) is 2. The predicted octanol–water partition coefficient (Wildman–Crippen LogP) is 4.46. The van der Waals surface area contributed by atoms with Gasteiger partial charge in [-0.3, -0.25) is 4.79 Å². The Morgan fingerprint density at radius 3 is 2.67 bits per heavy atom. The highest BCUT2D eigenvalue weighted by Crippen LogP contribution is 2.33. The van der Waals surface area contributed by atoms with Gasteiger partial charge in [0.05, 0.1) is 30.7 Å². The summed E-state index contributed by atoms with van der Waals surface area (Å²) in [7, 11) is 3.15. The van der Waals surface area contributed by atoms with E-state index in [0.717, 1.165) is 10.0 Å². The van der Waals surface area contributed by atoms with Crippen LogP contribution in [0.2, 0.25) is 0 Å². The van der Waals surface area contributed by atoms with Crippen LogP contribution in [0.15, 0.2) is 49.5 Å². The van der Waals surface area contributed by atoms with Gasteiger partial charge in [0, 0.05) is 22.1 Å². The molecule has 0 aliphatic heterocycles. The first-order valence-electron chi connectivity index (χ1n) is 9.66. The van der Waals surface area contributed by atoms with Gasteiger partial charge in [-0.25, -0.2) is 5.43 Å². The first-order chi connectivity index (χ1) is 15.9. The molecule has 0 fully saturated rings. The molecule has 2 N–H and O–H groups in total. The number of carbonyl (C=O) groups excluding carboxylic acids is 1. The van der Waals surface area contributed by atoms with Crippen molar-refractivity contribution in [2.75, 3.05) is 20.0 Å². The Labute approximate surface area is 211 Å². The highest BCUT2D eigenvalue weighted by molar-refractivity contribution is 9.11. The van der Waals surface area contributed by atoms with Gasteiger partial charge >= 0.3 is 0 Å². The van der Waals surface area contributed by atoms with E-state index in [9.17, 15) is 9.90 Å². The number of hydrazone groups is 1. The number of rotatable bonds is 9. The quantitative estimate of drug-likeness (QED) is 0.213. The topological polar surface area (TPSA) is 111 Å². The first-order valence-corrected chi connectivity index (χ1v) is 12.2. The van der Waals surface area contributed by atoms with Gasteiger partial charge in [-0.1, -0.05) is 27.7 Å². The second-order valence-corrected chi connectivity index (χ2v) is 9.24. The van der Waals surface area contributed by atoms with E-state index in [2.05, 4.69) is 52.6 Å². The molecule has 1 heterocycles. The highest BCUT2D eigenvalue weighted by atomic mass is 79.9. The maximum absolute atomic E-state index is 12.2. The summed E-state index contributed by atoms with van der Waals surface area (Å²) >= 11 is 7.85. The average Bonchev–Trinajstić information content (AvgIpc) is 3.23. The van der Waals surface area contributed by atoms with Gasteiger partial charge in [0.15, 0.2) is 22.5 Å². The van der Waals surface area contributed by atoms with Gasteiger partial charge in [0.2, 0.25) is 0 Å². The molecule has 0 atom stereocenters. The zero-order chi connectivity index (χ0) is 24.0. The highest BCUT2D eigenvalue weighted by Gasteiger charge is 2.16. The second-order valence-electron chi connectivity index (χ2n) is 6.53. The third kappa shape index (κ3) is 6.06. The van der Waals surface area contributed by atoms with Gasteiger partial charge in [-0.15, -0.1) is 10.2 Å². The Bertz CT molecular complexity index is 1190. The van der Waals surface area contributed by atoms with Crippen molar-refractivity contribution in [2.45, 2.75) is 18.6 Å². The molecule has 12 heteroatoms. The number of methoxy groups -OCH3 is 2. The smallest absolute Gasteiger partial charge is 0.250 e. The Hall–Kier alpha value is -2.57. The van der Waals surface area contributed by atoms with Crippen LogP contribution in [-0.4, -0.2) is 52.0 Å². The van der Waals surface area contributed by atoms with E-state index in [4.69, 9.17) is 9.47 Å². The van der Waals surface area contributed by atoms with Crippen molar-refractivity contribution in [3.05, 3.63) is 44.8 Å². The number of amides is 1. The van der Waals surface area contributed by atoms with E-state index in [1.807, 2.05) is 29.7 Å². The number of aromatic nitrogens is 3. The number of halogens is 2. The number of benzene rings is 2. The summed E-state index contributed by atoms with van der Waals surface area (Å²) in [6.07, 6.45) is 1.37. The molecule has 0 aliphatic rings. The molecule has 0 aliphatic carbocycles. The SMILES string of the molecule is CCn1c(SCC(=O)N/N=C/c2cc(Br)cc(Br)c2O)nnc1-c1ccc(OC)c(OC)c1. The Morgan fingerprint density at radius 2 is 1.97 bits per heavy atom. The van der Waals surface area contributed by atoms with Crippen LogP contribution in [0.3, 0.4) is 0 Å². The molecule has 0 saturated heterocycles. The number of ether oxygens (including phenoxy) is 2. The summed E-state index contributed by atoms with van der Waals surface area (Å²) in [6.45, 7) is 2.60. The second kappa shape index (κ2) is 11.5. The molecule has 0 unspecified atom stereocenters. The maximum atomic E-state index is 12.2. The third-order valence-electron chi connectivity index (χ3n) is 4.46. The number of phenols is 1. The Morgan fingerprint density at radius 1 is 1.21 bits per heavy atom. The molecular weight excluding hydrogens is 578 g/mol. The molecule has 0 saturated carbocycles. The number of phenolic OH excluding ortho intramolecular Hbond substituents is 1. The lowest BCUT2D eigenvalue weighted by Crippen LogP contribution is -2.20. The van der Waals surface area contributed by atoms with Crippen LogP contribution in [-0.2, 0) is 11.3 Å². The van der Waals surface area contributed by atoms with Gasteiger partial charge < -0.3 is 19.1 Å². The van der Waals surface area contributed by atoms with Gasteiger partial charge in [0.25, 0.3) is 5.91 Å². The monoisotopic (exact) mass is 597 g/mol. The molecule has 1 aromatic heterocycles. The fourth-order valence-electron chi connectivity index (χ4n) is 2.89. The van der Waals surface area contributed by atoms with E-state index in [-0.39, 0.29) is 17.4 Å². The van der Waals surface area contributed by atoms with Crippen molar-refractivity contribution in [2.24, 2.45) is 5.10 Å². The molecule has 0 bridgehead atoms. The first kappa shape index (κ1) is 25.1. The predicted molar refractivity (Wildman–Crippen MR) is 134 cm³/mol. The zero-order valence-corrected chi connectivity index (χ0v) is 22.0. The lowest BCUT2D eigenvalue weighted by molar-refractivity contribution is -0.118.